The normalized spacial score (nSPS) is 16.8. The first-order valence-corrected chi connectivity index (χ1v) is 8.65. The van der Waals surface area contributed by atoms with Gasteiger partial charge in [-0.15, -0.1) is 11.3 Å². The Morgan fingerprint density at radius 2 is 2.10 bits per heavy atom. The van der Waals surface area contributed by atoms with Crippen LogP contribution in [-0.2, 0) is 0 Å². The van der Waals surface area contributed by atoms with Crippen molar-refractivity contribution in [2.45, 2.75) is 39.7 Å². The average molecular weight is 304 g/mol. The second kappa shape index (κ2) is 6.28. The summed E-state index contributed by atoms with van der Waals surface area (Å²) in [6, 6.07) is 2.69. The third-order valence-electron chi connectivity index (χ3n) is 4.24. The Balaban J connectivity index is 1.91. The Morgan fingerprint density at radius 3 is 2.81 bits per heavy atom. The fraction of sp³-hybridized carbons (Fsp3) is 0.625. The van der Waals surface area contributed by atoms with Gasteiger partial charge in [0.2, 0.25) is 0 Å². The molecule has 1 aliphatic heterocycles. The fourth-order valence-electron chi connectivity index (χ4n) is 3.08. The number of rotatable bonds is 4. The average Bonchev–Trinajstić information content (AvgIpc) is 2.86. The van der Waals surface area contributed by atoms with Gasteiger partial charge in [0.05, 0.1) is 5.39 Å². The first-order chi connectivity index (χ1) is 10.1. The molecule has 0 radical (unpaired) electrons. The van der Waals surface area contributed by atoms with Gasteiger partial charge in [0, 0.05) is 17.5 Å². The minimum atomic E-state index is 0.457. The van der Waals surface area contributed by atoms with Crippen LogP contribution in [-0.4, -0.2) is 35.6 Å². The number of aryl methyl sites for hydroxylation is 1. The van der Waals surface area contributed by atoms with Crippen molar-refractivity contribution in [3.8, 4) is 0 Å². The van der Waals surface area contributed by atoms with Crippen molar-refractivity contribution < 1.29 is 0 Å². The monoisotopic (exact) mass is 304 g/mol. The molecule has 2 aromatic rings. The number of aromatic nitrogens is 2. The van der Waals surface area contributed by atoms with Crippen LogP contribution in [0.3, 0.4) is 0 Å². The molecule has 1 N–H and O–H groups in total. The quantitative estimate of drug-likeness (QED) is 0.941. The molecule has 21 heavy (non-hydrogen) atoms. The van der Waals surface area contributed by atoms with Crippen LogP contribution in [0.25, 0.3) is 10.2 Å². The van der Waals surface area contributed by atoms with E-state index in [-0.39, 0.29) is 0 Å². The maximum atomic E-state index is 4.61. The summed E-state index contributed by atoms with van der Waals surface area (Å²) in [4.78, 5) is 13.9. The first-order valence-electron chi connectivity index (χ1n) is 7.83. The van der Waals surface area contributed by atoms with Gasteiger partial charge in [-0.1, -0.05) is 0 Å². The Hall–Kier alpha value is -1.20. The maximum Gasteiger partial charge on any atom is 0.141 e. The van der Waals surface area contributed by atoms with Gasteiger partial charge in [-0.3, -0.25) is 0 Å². The van der Waals surface area contributed by atoms with E-state index in [2.05, 4.69) is 47.0 Å². The molecule has 0 amide bonds. The van der Waals surface area contributed by atoms with Gasteiger partial charge in [0.1, 0.15) is 17.0 Å². The highest BCUT2D eigenvalue weighted by molar-refractivity contribution is 7.18. The van der Waals surface area contributed by atoms with E-state index in [9.17, 15) is 0 Å². The van der Waals surface area contributed by atoms with Crippen molar-refractivity contribution in [2.24, 2.45) is 5.92 Å². The highest BCUT2D eigenvalue weighted by Gasteiger charge is 2.22. The minimum Gasteiger partial charge on any atom is -0.353 e. The van der Waals surface area contributed by atoms with E-state index in [0.29, 0.717) is 6.04 Å². The number of hydrogen-bond acceptors (Lipinski definition) is 5. The second-order valence-electron chi connectivity index (χ2n) is 6.21. The third-order valence-corrected chi connectivity index (χ3v) is 5.20. The molecular weight excluding hydrogens is 280 g/mol. The van der Waals surface area contributed by atoms with Crippen LogP contribution < -0.4 is 10.2 Å². The molecule has 0 spiro atoms. The zero-order chi connectivity index (χ0) is 14.8. The zero-order valence-corrected chi connectivity index (χ0v) is 13.9. The Labute approximate surface area is 130 Å². The molecule has 0 bridgehead atoms. The van der Waals surface area contributed by atoms with Crippen molar-refractivity contribution in [3.63, 3.8) is 0 Å². The van der Waals surface area contributed by atoms with E-state index in [1.807, 2.05) is 0 Å². The zero-order valence-electron chi connectivity index (χ0n) is 13.1. The van der Waals surface area contributed by atoms with Gasteiger partial charge < -0.3 is 10.2 Å². The fourth-order valence-corrected chi connectivity index (χ4v) is 3.92. The Bertz CT molecular complexity index is 601. The number of fused-ring (bicyclic) bond motifs is 1. The van der Waals surface area contributed by atoms with Crippen molar-refractivity contribution in [3.05, 3.63) is 17.3 Å². The van der Waals surface area contributed by atoms with Crippen LogP contribution >= 0.6 is 11.3 Å². The van der Waals surface area contributed by atoms with Crippen LogP contribution in [0.1, 0.15) is 31.6 Å². The molecule has 4 nitrogen and oxygen atoms in total. The highest BCUT2D eigenvalue weighted by atomic mass is 32.1. The molecular formula is C16H24N4S. The van der Waals surface area contributed by atoms with Gasteiger partial charge in [-0.2, -0.15) is 0 Å². The lowest BCUT2D eigenvalue weighted by Gasteiger charge is -2.34. The van der Waals surface area contributed by atoms with Gasteiger partial charge >= 0.3 is 0 Å². The minimum absolute atomic E-state index is 0.457. The SMILES string of the molecule is Cc1cc2c(N(CC3CCNCC3)C(C)C)ncnc2s1. The largest absolute Gasteiger partial charge is 0.353 e. The Morgan fingerprint density at radius 1 is 1.33 bits per heavy atom. The summed E-state index contributed by atoms with van der Waals surface area (Å²) in [6.45, 7) is 10.0. The molecule has 1 aliphatic rings. The van der Waals surface area contributed by atoms with Gasteiger partial charge in [-0.25, -0.2) is 9.97 Å². The topological polar surface area (TPSA) is 41.0 Å². The van der Waals surface area contributed by atoms with Gasteiger partial charge in [0.25, 0.3) is 0 Å². The van der Waals surface area contributed by atoms with E-state index in [1.165, 1.54) is 23.1 Å². The number of thiophene rings is 1. The number of anilines is 1. The molecule has 2 aromatic heterocycles. The van der Waals surface area contributed by atoms with Crippen molar-refractivity contribution >= 4 is 27.4 Å². The van der Waals surface area contributed by atoms with Crippen LogP contribution in [0.2, 0.25) is 0 Å². The lowest BCUT2D eigenvalue weighted by Crippen LogP contribution is -2.40. The smallest absolute Gasteiger partial charge is 0.141 e. The van der Waals surface area contributed by atoms with E-state index in [4.69, 9.17) is 0 Å². The van der Waals surface area contributed by atoms with Crippen molar-refractivity contribution in [1.82, 2.24) is 15.3 Å². The number of piperidine rings is 1. The molecule has 1 saturated heterocycles. The predicted molar refractivity (Wildman–Crippen MR) is 90.2 cm³/mol. The van der Waals surface area contributed by atoms with Crippen molar-refractivity contribution in [1.29, 1.82) is 0 Å². The molecule has 3 heterocycles. The standard InChI is InChI=1S/C16H24N4S/c1-11(2)20(9-13-4-6-17-7-5-13)15-14-8-12(3)21-16(14)19-10-18-15/h8,10-11,13,17H,4-7,9H2,1-3H3. The molecule has 1 fully saturated rings. The van der Waals surface area contributed by atoms with Crippen LogP contribution in [0.4, 0.5) is 5.82 Å². The van der Waals surface area contributed by atoms with E-state index in [0.717, 1.165) is 36.2 Å². The summed E-state index contributed by atoms with van der Waals surface area (Å²) in [6.07, 6.45) is 4.24. The number of nitrogens with zero attached hydrogens (tertiary/aromatic N) is 3. The summed E-state index contributed by atoms with van der Waals surface area (Å²) in [5.41, 5.74) is 0. The summed E-state index contributed by atoms with van der Waals surface area (Å²) >= 11 is 1.75. The molecule has 114 valence electrons. The molecule has 0 saturated carbocycles. The maximum absolute atomic E-state index is 4.61. The predicted octanol–water partition coefficient (Wildman–Crippen LogP) is 3.21. The molecule has 0 aliphatic carbocycles. The molecule has 0 unspecified atom stereocenters. The molecule has 0 aromatic carbocycles. The third kappa shape index (κ3) is 3.19. The van der Waals surface area contributed by atoms with Crippen LogP contribution in [0.5, 0.6) is 0 Å². The Kier molecular flexibility index (Phi) is 4.40. The number of hydrogen-bond donors (Lipinski definition) is 1. The molecule has 3 rings (SSSR count). The highest BCUT2D eigenvalue weighted by Crippen LogP contribution is 2.31. The molecule has 0 atom stereocenters. The van der Waals surface area contributed by atoms with Gasteiger partial charge in [-0.05, 0) is 58.7 Å². The van der Waals surface area contributed by atoms with Crippen LogP contribution in [0, 0.1) is 12.8 Å². The first kappa shape index (κ1) is 14.7. The van der Waals surface area contributed by atoms with Gasteiger partial charge in [0.15, 0.2) is 0 Å². The summed E-state index contributed by atoms with van der Waals surface area (Å²) in [5, 5.41) is 4.66. The van der Waals surface area contributed by atoms with Crippen LogP contribution in [0.15, 0.2) is 12.4 Å². The van der Waals surface area contributed by atoms with E-state index >= 15 is 0 Å². The summed E-state index contributed by atoms with van der Waals surface area (Å²) in [7, 11) is 0. The second-order valence-corrected chi connectivity index (χ2v) is 7.45. The van der Waals surface area contributed by atoms with E-state index in [1.54, 1.807) is 17.7 Å². The van der Waals surface area contributed by atoms with E-state index < -0.39 is 0 Å². The van der Waals surface area contributed by atoms with Crippen molar-refractivity contribution in [2.75, 3.05) is 24.5 Å². The summed E-state index contributed by atoms with van der Waals surface area (Å²) in [5.74, 6) is 1.87. The molecule has 5 heteroatoms. The lowest BCUT2D eigenvalue weighted by molar-refractivity contribution is 0.367. The summed E-state index contributed by atoms with van der Waals surface area (Å²) < 4.78 is 0. The lowest BCUT2D eigenvalue weighted by atomic mass is 9.97. The number of nitrogens with one attached hydrogen (secondary N) is 1.